The lowest BCUT2D eigenvalue weighted by molar-refractivity contribution is -0.207. The van der Waals surface area contributed by atoms with E-state index >= 15 is 0 Å². The summed E-state index contributed by atoms with van der Waals surface area (Å²) in [6.45, 7) is 2.90. The molecule has 0 amide bonds. The second-order valence-electron chi connectivity index (χ2n) is 10.2. The predicted molar refractivity (Wildman–Crippen MR) is 139 cm³/mol. The van der Waals surface area contributed by atoms with Gasteiger partial charge in [-0.2, -0.15) is 10.5 Å². The monoisotopic (exact) mass is 524 g/mol. The molecule has 0 bridgehead atoms. The maximum absolute atomic E-state index is 12.2. The summed E-state index contributed by atoms with van der Waals surface area (Å²) in [6.07, 6.45) is 0. The van der Waals surface area contributed by atoms with Gasteiger partial charge in [-0.15, -0.1) is 0 Å². The van der Waals surface area contributed by atoms with Crippen LogP contribution in [0.15, 0.2) is 60.7 Å². The Kier molecular flexibility index (Phi) is 6.25. The summed E-state index contributed by atoms with van der Waals surface area (Å²) < 4.78 is 18.0. The molecule has 0 radical (unpaired) electrons. The van der Waals surface area contributed by atoms with Crippen LogP contribution in [0.2, 0.25) is 0 Å². The lowest BCUT2D eigenvalue weighted by Gasteiger charge is -2.38. The number of morpholine rings is 1. The molecular weight excluding hydrogens is 496 g/mol. The Balaban J connectivity index is 1.63. The van der Waals surface area contributed by atoms with E-state index < -0.39 is 29.1 Å². The van der Waals surface area contributed by atoms with Gasteiger partial charge in [0, 0.05) is 37.5 Å². The Morgan fingerprint density at radius 1 is 1.05 bits per heavy atom. The van der Waals surface area contributed by atoms with E-state index in [0.717, 1.165) is 5.56 Å². The summed E-state index contributed by atoms with van der Waals surface area (Å²) in [6, 6.07) is 22.5. The van der Waals surface area contributed by atoms with Crippen molar-refractivity contribution in [3.8, 4) is 23.8 Å². The van der Waals surface area contributed by atoms with Gasteiger partial charge in [-0.1, -0.05) is 42.5 Å². The van der Waals surface area contributed by atoms with Gasteiger partial charge in [0.1, 0.15) is 17.5 Å². The van der Waals surface area contributed by atoms with E-state index in [-0.39, 0.29) is 11.6 Å². The zero-order valence-corrected chi connectivity index (χ0v) is 21.4. The predicted octanol–water partition coefficient (Wildman–Crippen LogP) is 2.63. The van der Waals surface area contributed by atoms with E-state index in [9.17, 15) is 20.7 Å². The third-order valence-electron chi connectivity index (χ3n) is 8.31. The van der Waals surface area contributed by atoms with Crippen molar-refractivity contribution >= 4 is 0 Å². The molecule has 0 spiro atoms. The molecule has 2 aromatic carbocycles. The molecule has 39 heavy (non-hydrogen) atoms. The number of methoxy groups -OCH3 is 1. The fraction of sp³-hybridized carbons (Fsp3) is 0.367. The van der Waals surface area contributed by atoms with Gasteiger partial charge in [-0.3, -0.25) is 4.90 Å². The fourth-order valence-electron chi connectivity index (χ4n) is 6.71. The molecule has 2 aliphatic heterocycles. The molecule has 1 aliphatic carbocycles. The number of rotatable bonds is 5. The summed E-state index contributed by atoms with van der Waals surface area (Å²) in [5.74, 6) is -3.99. The van der Waals surface area contributed by atoms with Crippen molar-refractivity contribution in [2.45, 2.75) is 23.2 Å². The van der Waals surface area contributed by atoms with Crippen molar-refractivity contribution in [2.75, 3.05) is 40.0 Å². The van der Waals surface area contributed by atoms with Crippen molar-refractivity contribution in [1.29, 1.82) is 10.5 Å². The standard InChI is InChI=1S/C30H28N4O5/c1-37-28-25-24(15-22(17-32)33-28)39-29(21-9-7-19(16-31)8-10-21)26(20-5-3-2-4-6-20)23(30(35,36)27(25)29)18-34-11-13-38-14-12-34/h2-10,15,23,26-27,35-36H,11-14,18H2,1H3/t23-,26-,27+,29-/m1/s1. The minimum atomic E-state index is -2.25. The molecule has 1 saturated heterocycles. The van der Waals surface area contributed by atoms with Crippen LogP contribution in [0.1, 0.15) is 39.8 Å². The van der Waals surface area contributed by atoms with Crippen LogP contribution in [0.25, 0.3) is 0 Å². The van der Waals surface area contributed by atoms with E-state index in [0.29, 0.717) is 55.3 Å². The number of nitrogens with zero attached hydrogens (tertiary/aromatic N) is 4. The molecule has 2 fully saturated rings. The Hall–Kier alpha value is -3.99. The number of aliphatic hydroxyl groups is 2. The topological polar surface area (TPSA) is 132 Å². The summed E-state index contributed by atoms with van der Waals surface area (Å²) in [5.41, 5.74) is 1.27. The van der Waals surface area contributed by atoms with Crippen LogP contribution in [-0.2, 0) is 10.3 Å². The molecule has 3 aromatic rings. The Labute approximate surface area is 226 Å². The van der Waals surface area contributed by atoms with Crippen LogP contribution in [-0.4, -0.2) is 65.8 Å². The second kappa shape index (κ2) is 9.64. The number of aromatic nitrogens is 1. The smallest absolute Gasteiger partial charge is 0.221 e. The third kappa shape index (κ3) is 3.86. The van der Waals surface area contributed by atoms with Crippen molar-refractivity contribution in [3.05, 3.63) is 88.6 Å². The Bertz CT molecular complexity index is 1460. The first-order valence-corrected chi connectivity index (χ1v) is 12.9. The van der Waals surface area contributed by atoms with E-state index in [4.69, 9.17) is 14.2 Å². The molecule has 3 aliphatic rings. The molecule has 3 heterocycles. The van der Waals surface area contributed by atoms with Crippen molar-refractivity contribution in [3.63, 3.8) is 0 Å². The van der Waals surface area contributed by atoms with Crippen LogP contribution in [0.5, 0.6) is 11.6 Å². The molecule has 1 aromatic heterocycles. The SMILES string of the molecule is COc1nc(C#N)cc2c1[C@@H]1C(O)(O)[C@H](CN3CCOCC3)[C@@H](c3ccccc3)[C@@]1(c1ccc(C#N)cc1)O2. The van der Waals surface area contributed by atoms with Gasteiger partial charge < -0.3 is 24.4 Å². The number of hydrogen-bond donors (Lipinski definition) is 2. The molecular formula is C30H28N4O5. The van der Waals surface area contributed by atoms with Gasteiger partial charge in [0.15, 0.2) is 11.4 Å². The molecule has 2 N–H and O–H groups in total. The molecule has 6 rings (SSSR count). The minimum Gasteiger partial charge on any atom is -0.481 e. The number of ether oxygens (including phenoxy) is 3. The zero-order chi connectivity index (χ0) is 27.2. The average Bonchev–Trinajstić information content (AvgIpc) is 3.42. The van der Waals surface area contributed by atoms with Gasteiger partial charge in [-0.05, 0) is 23.3 Å². The quantitative estimate of drug-likeness (QED) is 0.484. The molecule has 1 saturated carbocycles. The highest BCUT2D eigenvalue weighted by Gasteiger charge is 2.74. The highest BCUT2D eigenvalue weighted by Crippen LogP contribution is 2.70. The van der Waals surface area contributed by atoms with Crippen LogP contribution in [0.3, 0.4) is 0 Å². The van der Waals surface area contributed by atoms with Crippen LogP contribution < -0.4 is 9.47 Å². The first-order chi connectivity index (χ1) is 18.9. The number of pyridine rings is 1. The van der Waals surface area contributed by atoms with Crippen LogP contribution in [0.4, 0.5) is 0 Å². The number of fused-ring (bicyclic) bond motifs is 3. The second-order valence-corrected chi connectivity index (χ2v) is 10.2. The van der Waals surface area contributed by atoms with Crippen LogP contribution >= 0.6 is 0 Å². The van der Waals surface area contributed by atoms with Gasteiger partial charge in [0.25, 0.3) is 0 Å². The van der Waals surface area contributed by atoms with Gasteiger partial charge in [0.05, 0.1) is 43.4 Å². The largest absolute Gasteiger partial charge is 0.481 e. The molecule has 4 atom stereocenters. The maximum Gasteiger partial charge on any atom is 0.221 e. The number of benzene rings is 2. The average molecular weight is 525 g/mol. The molecule has 0 unspecified atom stereocenters. The lowest BCUT2D eigenvalue weighted by atomic mass is 9.73. The summed E-state index contributed by atoms with van der Waals surface area (Å²) in [7, 11) is 1.44. The van der Waals surface area contributed by atoms with Gasteiger partial charge in [0.2, 0.25) is 5.88 Å². The highest BCUT2D eigenvalue weighted by atomic mass is 16.5. The van der Waals surface area contributed by atoms with E-state index in [1.807, 2.05) is 48.5 Å². The Morgan fingerprint density at radius 3 is 2.41 bits per heavy atom. The van der Waals surface area contributed by atoms with Crippen LogP contribution in [0, 0.1) is 28.6 Å². The number of hydrogen-bond acceptors (Lipinski definition) is 9. The molecule has 198 valence electrons. The molecule has 9 heteroatoms. The first-order valence-electron chi connectivity index (χ1n) is 12.9. The third-order valence-corrected chi connectivity index (χ3v) is 8.31. The summed E-state index contributed by atoms with van der Waals surface area (Å²) in [5, 5.41) is 43.5. The van der Waals surface area contributed by atoms with E-state index in [1.54, 1.807) is 12.1 Å². The highest BCUT2D eigenvalue weighted by molar-refractivity contribution is 5.59. The fourth-order valence-corrected chi connectivity index (χ4v) is 6.71. The first kappa shape index (κ1) is 25.3. The molecule has 9 nitrogen and oxygen atoms in total. The van der Waals surface area contributed by atoms with E-state index in [2.05, 4.69) is 16.0 Å². The lowest BCUT2D eigenvalue weighted by Crippen LogP contribution is -2.48. The Morgan fingerprint density at radius 2 is 1.77 bits per heavy atom. The van der Waals surface area contributed by atoms with E-state index in [1.165, 1.54) is 13.2 Å². The zero-order valence-electron chi connectivity index (χ0n) is 21.4. The van der Waals surface area contributed by atoms with Crippen molar-refractivity contribution < 1.29 is 24.4 Å². The summed E-state index contributed by atoms with van der Waals surface area (Å²) >= 11 is 0. The summed E-state index contributed by atoms with van der Waals surface area (Å²) in [4.78, 5) is 6.53. The maximum atomic E-state index is 12.2. The van der Waals surface area contributed by atoms with Crippen molar-refractivity contribution in [1.82, 2.24) is 9.88 Å². The van der Waals surface area contributed by atoms with Gasteiger partial charge >= 0.3 is 0 Å². The van der Waals surface area contributed by atoms with Gasteiger partial charge in [-0.25, -0.2) is 4.98 Å². The number of nitriles is 2. The minimum absolute atomic E-state index is 0.100. The normalized spacial score (nSPS) is 27.1. The van der Waals surface area contributed by atoms with Crippen molar-refractivity contribution in [2.24, 2.45) is 5.92 Å².